The van der Waals surface area contributed by atoms with Gasteiger partial charge in [0, 0.05) is 23.4 Å². The summed E-state index contributed by atoms with van der Waals surface area (Å²) in [7, 11) is 0. The maximum atomic E-state index is 13.2. The zero-order valence-corrected chi connectivity index (χ0v) is 19.3. The van der Waals surface area contributed by atoms with Crippen molar-refractivity contribution in [2.45, 2.75) is 26.3 Å². The molecular formula is C28H28N4O2. The van der Waals surface area contributed by atoms with Crippen LogP contribution in [0.3, 0.4) is 0 Å². The maximum Gasteiger partial charge on any atom is 0.241 e. The minimum Gasteiger partial charge on any atom is -0.338 e. The van der Waals surface area contributed by atoms with Crippen molar-refractivity contribution in [2.75, 3.05) is 18.4 Å². The van der Waals surface area contributed by atoms with E-state index in [9.17, 15) is 4.79 Å². The van der Waals surface area contributed by atoms with Gasteiger partial charge in [-0.25, -0.2) is 0 Å². The number of piperidine rings is 1. The van der Waals surface area contributed by atoms with E-state index < -0.39 is 0 Å². The highest BCUT2D eigenvalue weighted by molar-refractivity contribution is 5.97. The number of carbonyl (C=O) groups is 1. The monoisotopic (exact) mass is 452 g/mol. The normalized spacial score (nSPS) is 16.3. The standard InChI is InChI=1S/C28H28N4O2/c1-20-10-5-6-14-23(20)27-30-26(34-31-27)19-32-17-9-13-22(18-32)28(33)29-25-16-8-7-15-24(25)21-11-3-2-4-12-21/h2-8,10-12,14-16,22H,9,13,17-19H2,1H3,(H,29,33). The second kappa shape index (κ2) is 10.0. The van der Waals surface area contributed by atoms with E-state index in [4.69, 9.17) is 4.52 Å². The van der Waals surface area contributed by atoms with E-state index in [1.807, 2.05) is 73.7 Å². The Morgan fingerprint density at radius 3 is 2.56 bits per heavy atom. The first-order chi connectivity index (χ1) is 16.7. The van der Waals surface area contributed by atoms with Crippen molar-refractivity contribution in [1.82, 2.24) is 15.0 Å². The number of nitrogens with one attached hydrogen (secondary N) is 1. The van der Waals surface area contributed by atoms with Gasteiger partial charge in [-0.15, -0.1) is 0 Å². The summed E-state index contributed by atoms with van der Waals surface area (Å²) in [5, 5.41) is 7.35. The Bertz CT molecular complexity index is 1270. The summed E-state index contributed by atoms with van der Waals surface area (Å²) in [6.45, 7) is 4.16. The molecule has 5 rings (SSSR count). The van der Waals surface area contributed by atoms with Crippen LogP contribution in [0.1, 0.15) is 24.3 Å². The highest BCUT2D eigenvalue weighted by atomic mass is 16.5. The average molecular weight is 453 g/mol. The van der Waals surface area contributed by atoms with Crippen molar-refractivity contribution in [3.63, 3.8) is 0 Å². The van der Waals surface area contributed by atoms with Crippen molar-refractivity contribution in [3.8, 4) is 22.5 Å². The minimum atomic E-state index is -0.0867. The lowest BCUT2D eigenvalue weighted by molar-refractivity contribution is -0.121. The Labute approximate surface area is 199 Å². The molecule has 1 fully saturated rings. The molecule has 3 aromatic carbocycles. The fourth-order valence-electron chi connectivity index (χ4n) is 4.55. The van der Waals surface area contributed by atoms with Crippen LogP contribution in [0.5, 0.6) is 0 Å². The quantitative estimate of drug-likeness (QED) is 0.415. The molecule has 2 heterocycles. The third-order valence-corrected chi connectivity index (χ3v) is 6.36. The summed E-state index contributed by atoms with van der Waals surface area (Å²) in [6.07, 6.45) is 1.82. The molecule has 0 radical (unpaired) electrons. The lowest BCUT2D eigenvalue weighted by Gasteiger charge is -2.31. The number of amides is 1. The van der Waals surface area contributed by atoms with E-state index >= 15 is 0 Å². The van der Waals surface area contributed by atoms with E-state index in [-0.39, 0.29) is 11.8 Å². The van der Waals surface area contributed by atoms with Gasteiger partial charge in [0.25, 0.3) is 0 Å². The smallest absolute Gasteiger partial charge is 0.241 e. The molecule has 1 unspecified atom stereocenters. The number of hydrogen-bond acceptors (Lipinski definition) is 5. The van der Waals surface area contributed by atoms with Gasteiger partial charge in [0.2, 0.25) is 17.6 Å². The zero-order chi connectivity index (χ0) is 23.3. The van der Waals surface area contributed by atoms with Crippen LogP contribution in [-0.2, 0) is 11.3 Å². The molecule has 6 heteroatoms. The molecule has 6 nitrogen and oxygen atoms in total. The van der Waals surface area contributed by atoms with Gasteiger partial charge in [0.1, 0.15) is 0 Å². The Morgan fingerprint density at radius 1 is 1.00 bits per heavy atom. The van der Waals surface area contributed by atoms with Crippen molar-refractivity contribution in [3.05, 3.63) is 90.3 Å². The number of para-hydroxylation sites is 1. The highest BCUT2D eigenvalue weighted by Gasteiger charge is 2.27. The van der Waals surface area contributed by atoms with Gasteiger partial charge in [-0.05, 0) is 43.5 Å². The number of carbonyl (C=O) groups excluding carboxylic acids is 1. The predicted molar refractivity (Wildman–Crippen MR) is 133 cm³/mol. The fraction of sp³-hybridized carbons (Fsp3) is 0.250. The summed E-state index contributed by atoms with van der Waals surface area (Å²) >= 11 is 0. The highest BCUT2D eigenvalue weighted by Crippen LogP contribution is 2.29. The fourth-order valence-corrected chi connectivity index (χ4v) is 4.55. The summed E-state index contributed by atoms with van der Waals surface area (Å²) in [4.78, 5) is 20.0. The number of rotatable bonds is 6. The third kappa shape index (κ3) is 4.92. The second-order valence-corrected chi connectivity index (χ2v) is 8.80. The van der Waals surface area contributed by atoms with E-state index in [1.165, 1.54) is 0 Å². The van der Waals surface area contributed by atoms with Crippen LogP contribution in [0.15, 0.2) is 83.4 Å². The van der Waals surface area contributed by atoms with Crippen molar-refractivity contribution >= 4 is 11.6 Å². The molecule has 1 N–H and O–H groups in total. The van der Waals surface area contributed by atoms with E-state index in [1.54, 1.807) is 0 Å². The lowest BCUT2D eigenvalue weighted by atomic mass is 9.96. The van der Waals surface area contributed by atoms with Gasteiger partial charge < -0.3 is 9.84 Å². The Hall–Kier alpha value is -3.77. The number of benzene rings is 3. The minimum absolute atomic E-state index is 0.0548. The molecule has 1 aliphatic rings. The van der Waals surface area contributed by atoms with Gasteiger partial charge in [-0.3, -0.25) is 9.69 Å². The zero-order valence-electron chi connectivity index (χ0n) is 19.3. The van der Waals surface area contributed by atoms with E-state index in [0.29, 0.717) is 24.8 Å². The molecule has 34 heavy (non-hydrogen) atoms. The molecule has 4 aromatic rings. The van der Waals surface area contributed by atoms with Crippen molar-refractivity contribution in [1.29, 1.82) is 0 Å². The molecule has 0 spiro atoms. The van der Waals surface area contributed by atoms with Crippen LogP contribution in [-0.4, -0.2) is 34.0 Å². The number of nitrogens with zero attached hydrogens (tertiary/aromatic N) is 3. The molecule has 1 saturated heterocycles. The molecule has 0 saturated carbocycles. The Kier molecular flexibility index (Phi) is 6.49. The molecule has 1 atom stereocenters. The summed E-state index contributed by atoms with van der Waals surface area (Å²) in [6, 6.07) is 26.1. The largest absolute Gasteiger partial charge is 0.338 e. The summed E-state index contributed by atoms with van der Waals surface area (Å²) in [5.74, 6) is 1.15. The topological polar surface area (TPSA) is 71.3 Å². The Balaban J connectivity index is 1.24. The predicted octanol–water partition coefficient (Wildman–Crippen LogP) is 5.56. The molecule has 172 valence electrons. The summed E-state index contributed by atoms with van der Waals surface area (Å²) < 4.78 is 5.53. The number of aryl methyl sites for hydroxylation is 1. The van der Waals surface area contributed by atoms with Gasteiger partial charge in [-0.2, -0.15) is 4.98 Å². The van der Waals surface area contributed by atoms with Crippen LogP contribution in [0.2, 0.25) is 0 Å². The molecule has 1 aromatic heterocycles. The van der Waals surface area contributed by atoms with Crippen LogP contribution in [0.4, 0.5) is 5.69 Å². The van der Waals surface area contributed by atoms with Crippen molar-refractivity contribution < 1.29 is 9.32 Å². The van der Waals surface area contributed by atoms with Gasteiger partial charge in [0.05, 0.1) is 12.5 Å². The Morgan fingerprint density at radius 2 is 1.74 bits per heavy atom. The molecular weight excluding hydrogens is 424 g/mol. The molecule has 1 amide bonds. The number of aromatic nitrogens is 2. The van der Waals surface area contributed by atoms with Gasteiger partial charge in [-0.1, -0.05) is 78.0 Å². The van der Waals surface area contributed by atoms with E-state index in [0.717, 1.165) is 47.3 Å². The second-order valence-electron chi connectivity index (χ2n) is 8.80. The van der Waals surface area contributed by atoms with Crippen LogP contribution in [0.25, 0.3) is 22.5 Å². The van der Waals surface area contributed by atoms with E-state index in [2.05, 4.69) is 32.5 Å². The first-order valence-corrected chi connectivity index (χ1v) is 11.7. The molecule has 1 aliphatic heterocycles. The number of likely N-dealkylation sites (tertiary alicyclic amines) is 1. The van der Waals surface area contributed by atoms with Crippen LogP contribution in [0, 0.1) is 12.8 Å². The summed E-state index contributed by atoms with van der Waals surface area (Å²) in [5.41, 5.74) is 5.05. The van der Waals surface area contributed by atoms with Crippen molar-refractivity contribution in [2.24, 2.45) is 5.92 Å². The van der Waals surface area contributed by atoms with Gasteiger partial charge in [0.15, 0.2) is 0 Å². The maximum absolute atomic E-state index is 13.2. The SMILES string of the molecule is Cc1ccccc1-c1noc(CN2CCCC(C(=O)Nc3ccccc3-c3ccccc3)C2)n1. The lowest BCUT2D eigenvalue weighted by Crippen LogP contribution is -2.40. The van der Waals surface area contributed by atoms with Gasteiger partial charge >= 0.3 is 0 Å². The molecule has 0 aliphatic carbocycles. The third-order valence-electron chi connectivity index (χ3n) is 6.36. The first-order valence-electron chi connectivity index (χ1n) is 11.7. The number of hydrogen-bond donors (Lipinski definition) is 1. The van der Waals surface area contributed by atoms with Crippen LogP contribution < -0.4 is 5.32 Å². The number of anilines is 1. The van der Waals surface area contributed by atoms with Crippen LogP contribution >= 0.6 is 0 Å². The molecule has 0 bridgehead atoms. The first kappa shape index (κ1) is 22.0. The average Bonchev–Trinajstić information content (AvgIpc) is 3.33.